The number of piperidine rings is 1. The summed E-state index contributed by atoms with van der Waals surface area (Å²) in [6, 6.07) is 3.70. The van der Waals surface area contributed by atoms with Crippen LogP contribution in [-0.4, -0.2) is 29.4 Å². The van der Waals surface area contributed by atoms with Gasteiger partial charge in [0.05, 0.1) is 12.0 Å². The second kappa shape index (κ2) is 7.06. The van der Waals surface area contributed by atoms with Crippen molar-refractivity contribution in [3.63, 3.8) is 0 Å². The van der Waals surface area contributed by atoms with Crippen LogP contribution in [0, 0.1) is 5.92 Å². The molecule has 6 nitrogen and oxygen atoms in total. The number of amides is 2. The van der Waals surface area contributed by atoms with Gasteiger partial charge in [0.15, 0.2) is 0 Å². The lowest BCUT2D eigenvalue weighted by atomic mass is 9.98. The van der Waals surface area contributed by atoms with Gasteiger partial charge in [-0.2, -0.15) is 0 Å². The first-order valence-corrected chi connectivity index (χ1v) is 7.21. The smallest absolute Gasteiger partial charge is 0.225 e. The van der Waals surface area contributed by atoms with E-state index in [0.717, 1.165) is 5.56 Å². The van der Waals surface area contributed by atoms with Crippen molar-refractivity contribution in [1.29, 1.82) is 0 Å². The maximum Gasteiger partial charge on any atom is 0.225 e. The van der Waals surface area contributed by atoms with E-state index in [0.29, 0.717) is 31.8 Å². The van der Waals surface area contributed by atoms with E-state index in [-0.39, 0.29) is 23.8 Å². The molecule has 1 saturated heterocycles. The SMILES string of the molecule is CC(C)Oc1ncccc1CNC(=O)[C@H]1CCC(=O)NC1. The Kier molecular flexibility index (Phi) is 5.14. The quantitative estimate of drug-likeness (QED) is 0.848. The number of nitrogens with zero attached hydrogens (tertiary/aromatic N) is 1. The molecular formula is C15H21N3O3. The standard InChI is InChI=1S/C15H21N3O3/c1-10(2)21-15-12(4-3-7-16-15)9-18-14(20)11-5-6-13(19)17-8-11/h3-4,7,10-11H,5-6,8-9H2,1-2H3,(H,17,19)(H,18,20)/t11-/m0/s1. The molecule has 1 aliphatic heterocycles. The summed E-state index contributed by atoms with van der Waals surface area (Å²) in [4.78, 5) is 27.4. The zero-order chi connectivity index (χ0) is 15.2. The number of carbonyl (C=O) groups is 2. The minimum absolute atomic E-state index is 0.0129. The predicted molar refractivity (Wildman–Crippen MR) is 77.6 cm³/mol. The second-order valence-electron chi connectivity index (χ2n) is 5.39. The van der Waals surface area contributed by atoms with Gasteiger partial charge in [-0.1, -0.05) is 6.07 Å². The van der Waals surface area contributed by atoms with Crippen LogP contribution in [0.4, 0.5) is 0 Å². The fourth-order valence-corrected chi connectivity index (χ4v) is 2.17. The molecule has 1 aromatic heterocycles. The van der Waals surface area contributed by atoms with Crippen LogP contribution >= 0.6 is 0 Å². The van der Waals surface area contributed by atoms with Gasteiger partial charge >= 0.3 is 0 Å². The lowest BCUT2D eigenvalue weighted by Gasteiger charge is -2.21. The molecule has 0 saturated carbocycles. The van der Waals surface area contributed by atoms with Crippen molar-refractivity contribution >= 4 is 11.8 Å². The van der Waals surface area contributed by atoms with E-state index in [1.165, 1.54) is 0 Å². The van der Waals surface area contributed by atoms with Gasteiger partial charge in [-0.3, -0.25) is 9.59 Å². The Hall–Kier alpha value is -2.11. The van der Waals surface area contributed by atoms with Gasteiger partial charge in [-0.25, -0.2) is 4.98 Å². The highest BCUT2D eigenvalue weighted by atomic mass is 16.5. The minimum atomic E-state index is -0.158. The van der Waals surface area contributed by atoms with E-state index in [1.54, 1.807) is 6.20 Å². The van der Waals surface area contributed by atoms with E-state index in [2.05, 4.69) is 15.6 Å². The van der Waals surface area contributed by atoms with Crippen LogP contribution in [0.3, 0.4) is 0 Å². The highest BCUT2D eigenvalue weighted by Crippen LogP contribution is 2.16. The summed E-state index contributed by atoms with van der Waals surface area (Å²) in [6.45, 7) is 4.65. The van der Waals surface area contributed by atoms with Crippen LogP contribution in [0.2, 0.25) is 0 Å². The second-order valence-corrected chi connectivity index (χ2v) is 5.39. The summed E-state index contributed by atoms with van der Waals surface area (Å²) in [6.07, 6.45) is 2.70. The summed E-state index contributed by atoms with van der Waals surface area (Å²) in [5.41, 5.74) is 0.847. The van der Waals surface area contributed by atoms with Gasteiger partial charge in [-0.15, -0.1) is 0 Å². The Balaban J connectivity index is 1.90. The highest BCUT2D eigenvalue weighted by molar-refractivity contribution is 5.83. The molecular weight excluding hydrogens is 270 g/mol. The van der Waals surface area contributed by atoms with Crippen molar-refractivity contribution in [2.24, 2.45) is 5.92 Å². The van der Waals surface area contributed by atoms with Gasteiger partial charge in [-0.05, 0) is 26.3 Å². The molecule has 1 fully saturated rings. The Labute approximate surface area is 124 Å². The van der Waals surface area contributed by atoms with Crippen molar-refractivity contribution in [2.45, 2.75) is 39.3 Å². The summed E-state index contributed by atoms with van der Waals surface area (Å²) in [5, 5.41) is 5.60. The Morgan fingerprint density at radius 3 is 3.05 bits per heavy atom. The molecule has 0 radical (unpaired) electrons. The fourth-order valence-electron chi connectivity index (χ4n) is 2.17. The average molecular weight is 291 g/mol. The molecule has 1 aromatic rings. The Bertz CT molecular complexity index is 507. The zero-order valence-corrected chi connectivity index (χ0v) is 12.4. The predicted octanol–water partition coefficient (Wildman–Crippen LogP) is 1.01. The number of hydrogen-bond acceptors (Lipinski definition) is 4. The van der Waals surface area contributed by atoms with Crippen LogP contribution in [0.15, 0.2) is 18.3 Å². The van der Waals surface area contributed by atoms with E-state index >= 15 is 0 Å². The summed E-state index contributed by atoms with van der Waals surface area (Å²) in [7, 11) is 0. The number of pyridine rings is 1. The van der Waals surface area contributed by atoms with Crippen LogP contribution in [0.5, 0.6) is 5.88 Å². The molecule has 6 heteroatoms. The molecule has 2 N–H and O–H groups in total. The number of rotatable bonds is 5. The van der Waals surface area contributed by atoms with E-state index in [4.69, 9.17) is 4.74 Å². The van der Waals surface area contributed by atoms with Gasteiger partial charge in [0.1, 0.15) is 0 Å². The third-order valence-corrected chi connectivity index (χ3v) is 3.29. The topological polar surface area (TPSA) is 80.3 Å². The first-order valence-electron chi connectivity index (χ1n) is 7.21. The molecule has 2 rings (SSSR count). The number of aromatic nitrogens is 1. The summed E-state index contributed by atoms with van der Waals surface area (Å²) >= 11 is 0. The Morgan fingerprint density at radius 2 is 2.38 bits per heavy atom. The van der Waals surface area contributed by atoms with Gasteiger partial charge in [0, 0.05) is 31.3 Å². The number of hydrogen-bond donors (Lipinski definition) is 2. The molecule has 0 aromatic carbocycles. The maximum atomic E-state index is 12.1. The van der Waals surface area contributed by atoms with Crippen molar-refractivity contribution in [2.75, 3.05) is 6.54 Å². The van der Waals surface area contributed by atoms with Gasteiger partial charge in [0.2, 0.25) is 17.7 Å². The van der Waals surface area contributed by atoms with Crippen LogP contribution in [0.25, 0.3) is 0 Å². The zero-order valence-electron chi connectivity index (χ0n) is 12.4. The number of ether oxygens (including phenoxy) is 1. The average Bonchev–Trinajstić information content (AvgIpc) is 2.46. The first kappa shape index (κ1) is 15.3. The maximum absolute atomic E-state index is 12.1. The molecule has 21 heavy (non-hydrogen) atoms. The molecule has 2 heterocycles. The largest absolute Gasteiger partial charge is 0.475 e. The summed E-state index contributed by atoms with van der Waals surface area (Å²) in [5.74, 6) is 0.354. The first-order chi connectivity index (χ1) is 10.1. The molecule has 0 unspecified atom stereocenters. The van der Waals surface area contributed by atoms with Gasteiger partial charge < -0.3 is 15.4 Å². The highest BCUT2D eigenvalue weighted by Gasteiger charge is 2.24. The fraction of sp³-hybridized carbons (Fsp3) is 0.533. The van der Waals surface area contributed by atoms with Crippen LogP contribution < -0.4 is 15.4 Å². The molecule has 114 valence electrons. The number of nitrogens with one attached hydrogen (secondary N) is 2. The van der Waals surface area contributed by atoms with Crippen molar-refractivity contribution < 1.29 is 14.3 Å². The van der Waals surface area contributed by atoms with Crippen molar-refractivity contribution in [3.8, 4) is 5.88 Å². The number of carbonyl (C=O) groups excluding carboxylic acids is 2. The van der Waals surface area contributed by atoms with Crippen molar-refractivity contribution in [3.05, 3.63) is 23.9 Å². The van der Waals surface area contributed by atoms with Crippen molar-refractivity contribution in [1.82, 2.24) is 15.6 Å². The minimum Gasteiger partial charge on any atom is -0.475 e. The molecule has 1 aliphatic rings. The Morgan fingerprint density at radius 1 is 1.57 bits per heavy atom. The third kappa shape index (κ3) is 4.44. The normalized spacial score (nSPS) is 18.2. The molecule has 0 bridgehead atoms. The monoisotopic (exact) mass is 291 g/mol. The molecule has 0 spiro atoms. The van der Waals surface area contributed by atoms with E-state index in [9.17, 15) is 9.59 Å². The lowest BCUT2D eigenvalue weighted by molar-refractivity contribution is -0.129. The lowest BCUT2D eigenvalue weighted by Crippen LogP contribution is -2.42. The van der Waals surface area contributed by atoms with E-state index in [1.807, 2.05) is 26.0 Å². The van der Waals surface area contributed by atoms with Gasteiger partial charge in [0.25, 0.3) is 0 Å². The van der Waals surface area contributed by atoms with Crippen LogP contribution in [-0.2, 0) is 16.1 Å². The van der Waals surface area contributed by atoms with Crippen LogP contribution in [0.1, 0.15) is 32.3 Å². The third-order valence-electron chi connectivity index (χ3n) is 3.29. The summed E-state index contributed by atoms with van der Waals surface area (Å²) < 4.78 is 5.62. The molecule has 1 atom stereocenters. The molecule has 2 amide bonds. The molecule has 0 aliphatic carbocycles. The van der Waals surface area contributed by atoms with E-state index < -0.39 is 0 Å².